The van der Waals surface area contributed by atoms with Crippen LogP contribution in [0.5, 0.6) is 0 Å². The van der Waals surface area contributed by atoms with Crippen LogP contribution >= 0.6 is 15.9 Å². The van der Waals surface area contributed by atoms with Gasteiger partial charge in [-0.15, -0.1) is 0 Å². The Hall–Kier alpha value is -1.49. The van der Waals surface area contributed by atoms with E-state index in [1.54, 1.807) is 6.33 Å². The second-order valence-electron chi connectivity index (χ2n) is 3.49. The fourth-order valence-corrected chi connectivity index (χ4v) is 1.80. The lowest BCUT2D eigenvalue weighted by Crippen LogP contribution is -2.07. The van der Waals surface area contributed by atoms with Gasteiger partial charge >= 0.3 is 0 Å². The number of anilines is 2. The van der Waals surface area contributed by atoms with Crippen molar-refractivity contribution < 1.29 is 0 Å². The number of nitrogens with zero attached hydrogens (tertiary/aromatic N) is 1. The molecule has 84 valence electrons. The number of nitrogen functional groups attached to an aromatic ring is 1. The molecular formula is C11H13BrN4. The van der Waals surface area contributed by atoms with Crippen molar-refractivity contribution in [2.75, 3.05) is 17.6 Å². The Balaban J connectivity index is 1.92. The molecule has 0 aliphatic rings. The van der Waals surface area contributed by atoms with Crippen molar-refractivity contribution >= 4 is 27.3 Å². The van der Waals surface area contributed by atoms with Gasteiger partial charge < -0.3 is 16.0 Å². The van der Waals surface area contributed by atoms with Crippen LogP contribution in [0.3, 0.4) is 0 Å². The number of H-pyrrole nitrogens is 1. The summed E-state index contributed by atoms with van der Waals surface area (Å²) in [5, 5.41) is 3.29. The van der Waals surface area contributed by atoms with Crippen LogP contribution in [0.4, 0.5) is 11.4 Å². The van der Waals surface area contributed by atoms with Crippen molar-refractivity contribution in [3.8, 4) is 0 Å². The van der Waals surface area contributed by atoms with Crippen LogP contribution in [0.25, 0.3) is 0 Å². The lowest BCUT2D eigenvalue weighted by Gasteiger charge is -2.08. The molecule has 0 amide bonds. The lowest BCUT2D eigenvalue weighted by atomic mass is 10.2. The Labute approximate surface area is 102 Å². The van der Waals surface area contributed by atoms with E-state index in [9.17, 15) is 0 Å². The van der Waals surface area contributed by atoms with Crippen LogP contribution in [0.2, 0.25) is 0 Å². The van der Waals surface area contributed by atoms with E-state index in [-0.39, 0.29) is 0 Å². The Morgan fingerprint density at radius 3 is 3.06 bits per heavy atom. The van der Waals surface area contributed by atoms with Gasteiger partial charge in [-0.25, -0.2) is 4.98 Å². The van der Waals surface area contributed by atoms with E-state index >= 15 is 0 Å². The summed E-state index contributed by atoms with van der Waals surface area (Å²) in [6.45, 7) is 0.822. The Bertz CT molecular complexity index is 453. The monoisotopic (exact) mass is 280 g/mol. The Kier molecular flexibility index (Phi) is 3.46. The predicted octanol–water partition coefficient (Wildman–Crippen LogP) is 2.41. The highest BCUT2D eigenvalue weighted by Gasteiger charge is 1.99. The maximum Gasteiger partial charge on any atom is 0.0921 e. The summed E-state index contributed by atoms with van der Waals surface area (Å²) in [5.74, 6) is 0. The van der Waals surface area contributed by atoms with Crippen LogP contribution in [0, 0.1) is 0 Å². The van der Waals surface area contributed by atoms with Gasteiger partial charge in [0.25, 0.3) is 0 Å². The molecule has 1 heterocycles. The molecular weight excluding hydrogens is 268 g/mol. The quantitative estimate of drug-likeness (QED) is 0.754. The minimum Gasteiger partial charge on any atom is -0.397 e. The third-order valence-corrected chi connectivity index (χ3v) is 2.77. The number of nitrogens with one attached hydrogen (secondary N) is 2. The van der Waals surface area contributed by atoms with E-state index in [2.05, 4.69) is 31.2 Å². The van der Waals surface area contributed by atoms with Gasteiger partial charge in [-0.05, 0) is 18.2 Å². The van der Waals surface area contributed by atoms with E-state index in [4.69, 9.17) is 5.73 Å². The SMILES string of the molecule is Nc1ccc(Br)cc1NCCc1cnc[nH]1. The van der Waals surface area contributed by atoms with Crippen molar-refractivity contribution in [3.63, 3.8) is 0 Å². The van der Waals surface area contributed by atoms with E-state index in [1.165, 1.54) is 0 Å². The van der Waals surface area contributed by atoms with E-state index < -0.39 is 0 Å². The number of nitrogens with two attached hydrogens (primary N) is 1. The van der Waals surface area contributed by atoms with Crippen molar-refractivity contribution in [1.29, 1.82) is 0 Å². The number of aromatic amines is 1. The molecule has 1 aromatic carbocycles. The number of rotatable bonds is 4. The Morgan fingerprint density at radius 1 is 1.44 bits per heavy atom. The molecule has 5 heteroatoms. The molecule has 16 heavy (non-hydrogen) atoms. The van der Waals surface area contributed by atoms with E-state index in [0.29, 0.717) is 0 Å². The number of hydrogen-bond acceptors (Lipinski definition) is 3. The molecule has 0 unspecified atom stereocenters. The molecule has 2 aromatic rings. The van der Waals surface area contributed by atoms with Crippen molar-refractivity contribution in [2.45, 2.75) is 6.42 Å². The zero-order valence-electron chi connectivity index (χ0n) is 8.70. The highest BCUT2D eigenvalue weighted by atomic mass is 79.9. The topological polar surface area (TPSA) is 66.7 Å². The van der Waals surface area contributed by atoms with Crippen LogP contribution in [0.1, 0.15) is 5.69 Å². The van der Waals surface area contributed by atoms with Gasteiger partial charge in [-0.1, -0.05) is 15.9 Å². The second kappa shape index (κ2) is 5.03. The molecule has 0 atom stereocenters. The highest BCUT2D eigenvalue weighted by Crippen LogP contribution is 2.22. The van der Waals surface area contributed by atoms with Gasteiger partial charge in [-0.3, -0.25) is 0 Å². The number of halogens is 1. The first-order valence-electron chi connectivity index (χ1n) is 5.02. The largest absolute Gasteiger partial charge is 0.397 e. The first kappa shape index (κ1) is 11.0. The minimum absolute atomic E-state index is 0.757. The second-order valence-corrected chi connectivity index (χ2v) is 4.40. The van der Waals surface area contributed by atoms with Gasteiger partial charge in [0.2, 0.25) is 0 Å². The number of aromatic nitrogens is 2. The number of hydrogen-bond donors (Lipinski definition) is 3. The van der Waals surface area contributed by atoms with Gasteiger partial charge in [-0.2, -0.15) is 0 Å². The molecule has 0 radical (unpaired) electrons. The Morgan fingerprint density at radius 2 is 2.31 bits per heavy atom. The molecule has 0 aliphatic carbocycles. The predicted molar refractivity (Wildman–Crippen MR) is 69.3 cm³/mol. The van der Waals surface area contributed by atoms with Crippen LogP contribution in [0.15, 0.2) is 35.2 Å². The van der Waals surface area contributed by atoms with Crippen molar-refractivity contribution in [3.05, 3.63) is 40.9 Å². The molecule has 0 bridgehead atoms. The molecule has 4 N–H and O–H groups in total. The van der Waals surface area contributed by atoms with Crippen LogP contribution in [-0.2, 0) is 6.42 Å². The smallest absolute Gasteiger partial charge is 0.0921 e. The van der Waals surface area contributed by atoms with Gasteiger partial charge in [0.1, 0.15) is 0 Å². The van der Waals surface area contributed by atoms with Gasteiger partial charge in [0, 0.05) is 29.3 Å². The summed E-state index contributed by atoms with van der Waals surface area (Å²) in [7, 11) is 0. The lowest BCUT2D eigenvalue weighted by molar-refractivity contribution is 0.977. The molecule has 4 nitrogen and oxygen atoms in total. The van der Waals surface area contributed by atoms with Crippen molar-refractivity contribution in [1.82, 2.24) is 9.97 Å². The third-order valence-electron chi connectivity index (χ3n) is 2.28. The normalized spacial score (nSPS) is 10.3. The third kappa shape index (κ3) is 2.76. The zero-order chi connectivity index (χ0) is 11.4. The van der Waals surface area contributed by atoms with Gasteiger partial charge in [0.15, 0.2) is 0 Å². The summed E-state index contributed by atoms with van der Waals surface area (Å²) >= 11 is 3.42. The molecule has 0 aliphatic heterocycles. The molecule has 0 saturated heterocycles. The van der Waals surface area contributed by atoms with Gasteiger partial charge in [0.05, 0.1) is 17.7 Å². The summed E-state index contributed by atoms with van der Waals surface area (Å²) in [5.41, 5.74) is 8.67. The first-order valence-corrected chi connectivity index (χ1v) is 5.81. The molecule has 0 saturated carbocycles. The fraction of sp³-hybridized carbons (Fsp3) is 0.182. The summed E-state index contributed by atoms with van der Waals surface area (Å²) in [6, 6.07) is 5.78. The summed E-state index contributed by atoms with van der Waals surface area (Å²) < 4.78 is 1.02. The average molecular weight is 281 g/mol. The minimum atomic E-state index is 0.757. The zero-order valence-corrected chi connectivity index (χ0v) is 10.3. The van der Waals surface area contributed by atoms with Crippen LogP contribution < -0.4 is 11.1 Å². The average Bonchev–Trinajstić information content (AvgIpc) is 2.76. The van der Waals surface area contributed by atoms with E-state index in [1.807, 2.05) is 24.4 Å². The van der Waals surface area contributed by atoms with E-state index in [0.717, 1.165) is 34.5 Å². The maximum absolute atomic E-state index is 5.85. The van der Waals surface area contributed by atoms with Crippen LogP contribution in [-0.4, -0.2) is 16.5 Å². The molecule has 2 rings (SSSR count). The maximum atomic E-state index is 5.85. The highest BCUT2D eigenvalue weighted by molar-refractivity contribution is 9.10. The molecule has 0 spiro atoms. The standard InChI is InChI=1S/C11H13BrN4/c12-8-1-2-10(13)11(5-8)15-4-3-9-6-14-7-16-9/h1-2,5-7,15H,3-4,13H2,(H,14,16). The number of benzene rings is 1. The summed E-state index contributed by atoms with van der Waals surface area (Å²) in [4.78, 5) is 7.02. The van der Waals surface area contributed by atoms with Crippen molar-refractivity contribution in [2.24, 2.45) is 0 Å². The fourth-order valence-electron chi connectivity index (χ4n) is 1.43. The summed E-state index contributed by atoms with van der Waals surface area (Å²) in [6.07, 6.45) is 4.40. The number of imidazole rings is 1. The first-order chi connectivity index (χ1) is 7.75. The molecule has 0 fully saturated rings. The molecule has 1 aromatic heterocycles.